The highest BCUT2D eigenvalue weighted by Crippen LogP contribution is 2.15. The molecule has 0 unspecified atom stereocenters. The zero-order chi connectivity index (χ0) is 8.48. The Morgan fingerprint density at radius 1 is 1.55 bits per heavy atom. The summed E-state index contributed by atoms with van der Waals surface area (Å²) in [5.74, 6) is -0.485. The van der Waals surface area contributed by atoms with Gasteiger partial charge in [0.05, 0.1) is 0 Å². The Bertz CT molecular complexity index is 253. The molecule has 0 aliphatic carbocycles. The summed E-state index contributed by atoms with van der Waals surface area (Å²) in [6.07, 6.45) is 1.42. The minimum absolute atomic E-state index is 0.485. The molecule has 0 amide bonds. The molecular formula is C8H11FN2. The van der Waals surface area contributed by atoms with Gasteiger partial charge >= 0.3 is 0 Å². The lowest BCUT2D eigenvalue weighted by molar-refractivity contribution is 0.532. The van der Waals surface area contributed by atoms with Crippen LogP contribution in [-0.2, 0) is 5.54 Å². The highest BCUT2D eigenvalue weighted by molar-refractivity contribution is 5.19. The summed E-state index contributed by atoms with van der Waals surface area (Å²) in [4.78, 5) is 3.43. The van der Waals surface area contributed by atoms with Crippen LogP contribution < -0.4 is 5.73 Å². The molecular weight excluding hydrogens is 143 g/mol. The average molecular weight is 154 g/mol. The number of aromatic nitrogens is 1. The van der Waals surface area contributed by atoms with Gasteiger partial charge in [0.1, 0.15) is 0 Å². The quantitative estimate of drug-likeness (QED) is 0.621. The van der Waals surface area contributed by atoms with Gasteiger partial charge in [0.15, 0.2) is 0 Å². The van der Waals surface area contributed by atoms with Crippen molar-refractivity contribution < 1.29 is 4.39 Å². The SMILES string of the molecule is CC(C)(N)c1ccnc(F)c1. The van der Waals surface area contributed by atoms with Gasteiger partial charge in [-0.1, -0.05) is 0 Å². The van der Waals surface area contributed by atoms with Crippen LogP contribution in [0.1, 0.15) is 19.4 Å². The Morgan fingerprint density at radius 3 is 2.55 bits per heavy atom. The molecule has 60 valence electrons. The van der Waals surface area contributed by atoms with Crippen molar-refractivity contribution in [2.45, 2.75) is 19.4 Å². The number of rotatable bonds is 1. The second-order valence-electron chi connectivity index (χ2n) is 3.09. The summed E-state index contributed by atoms with van der Waals surface area (Å²) < 4.78 is 12.5. The van der Waals surface area contributed by atoms with E-state index in [4.69, 9.17) is 5.73 Å². The van der Waals surface area contributed by atoms with Crippen LogP contribution in [-0.4, -0.2) is 4.98 Å². The van der Waals surface area contributed by atoms with Crippen LogP contribution in [0.25, 0.3) is 0 Å². The van der Waals surface area contributed by atoms with Gasteiger partial charge in [-0.05, 0) is 31.5 Å². The number of nitrogens with zero attached hydrogens (tertiary/aromatic N) is 1. The summed E-state index contributed by atoms with van der Waals surface area (Å²) in [7, 11) is 0. The third-order valence-electron chi connectivity index (χ3n) is 1.47. The first-order valence-electron chi connectivity index (χ1n) is 3.41. The first-order valence-corrected chi connectivity index (χ1v) is 3.41. The number of halogens is 1. The molecule has 0 aromatic carbocycles. The van der Waals surface area contributed by atoms with Gasteiger partial charge in [0.2, 0.25) is 5.95 Å². The molecule has 0 aliphatic rings. The normalized spacial score (nSPS) is 11.6. The molecule has 0 saturated heterocycles. The van der Waals surface area contributed by atoms with Gasteiger partial charge in [-0.2, -0.15) is 4.39 Å². The van der Waals surface area contributed by atoms with Crippen molar-refractivity contribution in [1.82, 2.24) is 4.98 Å². The van der Waals surface area contributed by atoms with E-state index < -0.39 is 11.5 Å². The Morgan fingerprint density at radius 2 is 2.18 bits per heavy atom. The van der Waals surface area contributed by atoms with Crippen molar-refractivity contribution in [1.29, 1.82) is 0 Å². The van der Waals surface area contributed by atoms with Crippen LogP contribution in [0.4, 0.5) is 4.39 Å². The number of pyridine rings is 1. The lowest BCUT2D eigenvalue weighted by atomic mass is 9.97. The second-order valence-corrected chi connectivity index (χ2v) is 3.09. The van der Waals surface area contributed by atoms with Crippen LogP contribution in [0.2, 0.25) is 0 Å². The van der Waals surface area contributed by atoms with E-state index in [9.17, 15) is 4.39 Å². The Hall–Kier alpha value is -0.960. The van der Waals surface area contributed by atoms with E-state index in [1.54, 1.807) is 6.07 Å². The van der Waals surface area contributed by atoms with Gasteiger partial charge in [0, 0.05) is 11.7 Å². The van der Waals surface area contributed by atoms with Crippen molar-refractivity contribution in [3.8, 4) is 0 Å². The highest BCUT2D eigenvalue weighted by Gasteiger charge is 2.13. The molecule has 0 atom stereocenters. The van der Waals surface area contributed by atoms with Gasteiger partial charge in [0.25, 0.3) is 0 Å². The van der Waals surface area contributed by atoms with Crippen LogP contribution in [0.5, 0.6) is 0 Å². The molecule has 0 bridgehead atoms. The molecule has 3 heteroatoms. The van der Waals surface area contributed by atoms with E-state index in [-0.39, 0.29) is 0 Å². The standard InChI is InChI=1S/C8H11FN2/c1-8(2,10)6-3-4-11-7(9)5-6/h3-5H,10H2,1-2H3. The summed E-state index contributed by atoms with van der Waals surface area (Å²) in [5, 5.41) is 0. The first kappa shape index (κ1) is 8.14. The van der Waals surface area contributed by atoms with Gasteiger partial charge in [-0.15, -0.1) is 0 Å². The smallest absolute Gasteiger partial charge is 0.213 e. The maximum absolute atomic E-state index is 12.5. The average Bonchev–Trinajstić information content (AvgIpc) is 1.86. The van der Waals surface area contributed by atoms with Gasteiger partial charge < -0.3 is 5.73 Å². The van der Waals surface area contributed by atoms with Crippen LogP contribution >= 0.6 is 0 Å². The van der Waals surface area contributed by atoms with Crippen molar-refractivity contribution in [3.63, 3.8) is 0 Å². The van der Waals surface area contributed by atoms with Crippen molar-refractivity contribution in [2.75, 3.05) is 0 Å². The number of nitrogens with two attached hydrogens (primary N) is 1. The van der Waals surface area contributed by atoms with Gasteiger partial charge in [-0.3, -0.25) is 0 Å². The summed E-state index contributed by atoms with van der Waals surface area (Å²) >= 11 is 0. The molecule has 0 spiro atoms. The van der Waals surface area contributed by atoms with E-state index in [1.807, 2.05) is 13.8 Å². The predicted molar refractivity (Wildman–Crippen MR) is 41.4 cm³/mol. The van der Waals surface area contributed by atoms with E-state index in [1.165, 1.54) is 12.3 Å². The van der Waals surface area contributed by atoms with E-state index in [2.05, 4.69) is 4.98 Å². The van der Waals surface area contributed by atoms with Crippen LogP contribution in [0.3, 0.4) is 0 Å². The van der Waals surface area contributed by atoms with Gasteiger partial charge in [-0.25, -0.2) is 4.98 Å². The van der Waals surface area contributed by atoms with E-state index in [0.29, 0.717) is 0 Å². The highest BCUT2D eigenvalue weighted by atomic mass is 19.1. The Kier molecular flexibility index (Phi) is 1.91. The van der Waals surface area contributed by atoms with Crippen molar-refractivity contribution in [3.05, 3.63) is 29.8 Å². The molecule has 0 fully saturated rings. The Balaban J connectivity index is 3.06. The topological polar surface area (TPSA) is 38.9 Å². The number of hydrogen-bond donors (Lipinski definition) is 1. The van der Waals surface area contributed by atoms with Crippen LogP contribution in [0, 0.1) is 5.95 Å². The van der Waals surface area contributed by atoms with Crippen LogP contribution in [0.15, 0.2) is 18.3 Å². The maximum atomic E-state index is 12.5. The molecule has 2 nitrogen and oxygen atoms in total. The zero-order valence-electron chi connectivity index (χ0n) is 6.63. The summed E-state index contributed by atoms with van der Waals surface area (Å²) in [6.45, 7) is 3.64. The second kappa shape index (κ2) is 2.58. The molecule has 0 saturated carbocycles. The molecule has 11 heavy (non-hydrogen) atoms. The van der Waals surface area contributed by atoms with E-state index >= 15 is 0 Å². The summed E-state index contributed by atoms with van der Waals surface area (Å²) in [5.41, 5.74) is 5.99. The lowest BCUT2D eigenvalue weighted by Gasteiger charge is -2.18. The monoisotopic (exact) mass is 154 g/mol. The fourth-order valence-electron chi connectivity index (χ4n) is 0.803. The number of hydrogen-bond acceptors (Lipinski definition) is 2. The van der Waals surface area contributed by atoms with Crippen molar-refractivity contribution in [2.24, 2.45) is 5.73 Å². The first-order chi connectivity index (χ1) is 5.00. The third kappa shape index (κ3) is 1.98. The minimum Gasteiger partial charge on any atom is -0.322 e. The molecule has 2 N–H and O–H groups in total. The lowest BCUT2D eigenvalue weighted by Crippen LogP contribution is -2.28. The fraction of sp³-hybridized carbons (Fsp3) is 0.375. The zero-order valence-corrected chi connectivity index (χ0v) is 6.63. The Labute approximate surface area is 65.3 Å². The van der Waals surface area contributed by atoms with Crippen molar-refractivity contribution >= 4 is 0 Å². The van der Waals surface area contributed by atoms with E-state index in [0.717, 1.165) is 5.56 Å². The largest absolute Gasteiger partial charge is 0.322 e. The summed E-state index contributed by atoms with van der Waals surface area (Å²) in [6, 6.07) is 3.06. The fourth-order valence-corrected chi connectivity index (χ4v) is 0.803. The molecule has 1 aromatic rings. The third-order valence-corrected chi connectivity index (χ3v) is 1.47. The molecule has 1 aromatic heterocycles. The maximum Gasteiger partial charge on any atom is 0.213 e. The molecule has 0 aliphatic heterocycles. The molecule has 1 rings (SSSR count). The predicted octanol–water partition coefficient (Wildman–Crippen LogP) is 1.41. The molecule has 1 heterocycles. The minimum atomic E-state index is -0.496. The molecule has 0 radical (unpaired) electrons.